The van der Waals surface area contributed by atoms with Crippen LogP contribution in [0.2, 0.25) is 0 Å². The van der Waals surface area contributed by atoms with Gasteiger partial charge in [-0.15, -0.1) is 0 Å². The normalized spacial score (nSPS) is 19.2. The third-order valence-electron chi connectivity index (χ3n) is 3.07. The highest BCUT2D eigenvalue weighted by atomic mass is 79.9. The number of anilines is 1. The predicted octanol–water partition coefficient (Wildman–Crippen LogP) is 2.65. The van der Waals surface area contributed by atoms with E-state index in [0.717, 1.165) is 29.9 Å². The van der Waals surface area contributed by atoms with Gasteiger partial charge in [-0.05, 0) is 41.9 Å². The predicted molar refractivity (Wildman–Crippen MR) is 75.0 cm³/mol. The van der Waals surface area contributed by atoms with Gasteiger partial charge in [-0.2, -0.15) is 0 Å². The van der Waals surface area contributed by atoms with Gasteiger partial charge in [0.15, 0.2) is 0 Å². The average molecular weight is 299 g/mol. The standard InChI is InChI=1S/C13H19BrN2O/c1-13(2)9-16(7-6-15-13)10-4-5-11(14)12(8-10)17-3/h4-5,8,15H,6-7,9H2,1-3H3. The van der Waals surface area contributed by atoms with Crippen LogP contribution in [-0.2, 0) is 0 Å². The van der Waals surface area contributed by atoms with E-state index in [-0.39, 0.29) is 5.54 Å². The third-order valence-corrected chi connectivity index (χ3v) is 3.73. The lowest BCUT2D eigenvalue weighted by Gasteiger charge is -2.40. The fraction of sp³-hybridized carbons (Fsp3) is 0.538. The second kappa shape index (κ2) is 4.86. The molecule has 4 heteroatoms. The van der Waals surface area contributed by atoms with E-state index < -0.39 is 0 Å². The Kier molecular flexibility index (Phi) is 3.64. The van der Waals surface area contributed by atoms with Gasteiger partial charge in [-0.25, -0.2) is 0 Å². The minimum Gasteiger partial charge on any atom is -0.495 e. The number of hydrogen-bond acceptors (Lipinski definition) is 3. The first-order valence-electron chi connectivity index (χ1n) is 5.85. The first-order valence-corrected chi connectivity index (χ1v) is 6.65. The lowest BCUT2D eigenvalue weighted by atomic mass is 10.0. The maximum atomic E-state index is 5.34. The van der Waals surface area contributed by atoms with Crippen LogP contribution in [0, 0.1) is 0 Å². The van der Waals surface area contributed by atoms with Gasteiger partial charge in [0.25, 0.3) is 0 Å². The van der Waals surface area contributed by atoms with Crippen molar-refractivity contribution in [3.63, 3.8) is 0 Å². The van der Waals surface area contributed by atoms with Crippen molar-refractivity contribution in [2.75, 3.05) is 31.6 Å². The van der Waals surface area contributed by atoms with Gasteiger partial charge >= 0.3 is 0 Å². The number of ether oxygens (including phenoxy) is 1. The van der Waals surface area contributed by atoms with E-state index in [0.29, 0.717) is 0 Å². The molecule has 0 saturated carbocycles. The van der Waals surface area contributed by atoms with Crippen molar-refractivity contribution >= 4 is 21.6 Å². The molecule has 1 aromatic rings. The van der Waals surface area contributed by atoms with Crippen LogP contribution in [0.1, 0.15) is 13.8 Å². The van der Waals surface area contributed by atoms with Crippen LogP contribution in [0.4, 0.5) is 5.69 Å². The molecule has 1 fully saturated rings. The molecule has 94 valence electrons. The quantitative estimate of drug-likeness (QED) is 0.908. The summed E-state index contributed by atoms with van der Waals surface area (Å²) in [6.45, 7) is 7.53. The summed E-state index contributed by atoms with van der Waals surface area (Å²) in [5, 5.41) is 3.52. The molecule has 0 atom stereocenters. The summed E-state index contributed by atoms with van der Waals surface area (Å²) in [5.74, 6) is 0.888. The van der Waals surface area contributed by atoms with Gasteiger partial charge in [0.05, 0.1) is 11.6 Å². The number of nitrogens with zero attached hydrogens (tertiary/aromatic N) is 1. The summed E-state index contributed by atoms with van der Waals surface area (Å²) >= 11 is 3.48. The number of benzene rings is 1. The van der Waals surface area contributed by atoms with Gasteiger partial charge in [0.2, 0.25) is 0 Å². The van der Waals surface area contributed by atoms with E-state index in [1.165, 1.54) is 5.69 Å². The summed E-state index contributed by atoms with van der Waals surface area (Å²) < 4.78 is 6.34. The van der Waals surface area contributed by atoms with E-state index in [9.17, 15) is 0 Å². The molecule has 1 saturated heterocycles. The first kappa shape index (κ1) is 12.7. The molecule has 2 rings (SSSR count). The van der Waals surface area contributed by atoms with Crippen molar-refractivity contribution in [1.82, 2.24) is 5.32 Å². The third kappa shape index (κ3) is 2.93. The monoisotopic (exact) mass is 298 g/mol. The molecule has 0 radical (unpaired) electrons. The molecule has 0 bridgehead atoms. The summed E-state index contributed by atoms with van der Waals surface area (Å²) in [4.78, 5) is 2.39. The van der Waals surface area contributed by atoms with Crippen LogP contribution >= 0.6 is 15.9 Å². The van der Waals surface area contributed by atoms with E-state index in [4.69, 9.17) is 4.74 Å². The van der Waals surface area contributed by atoms with E-state index in [1.54, 1.807) is 7.11 Å². The van der Waals surface area contributed by atoms with Gasteiger partial charge in [-0.3, -0.25) is 0 Å². The zero-order chi connectivity index (χ0) is 12.5. The number of halogens is 1. The minimum absolute atomic E-state index is 0.165. The zero-order valence-corrected chi connectivity index (χ0v) is 12.2. The SMILES string of the molecule is COc1cc(N2CCNC(C)(C)C2)ccc1Br. The molecule has 1 N–H and O–H groups in total. The summed E-state index contributed by atoms with van der Waals surface area (Å²) in [6, 6.07) is 6.27. The number of rotatable bonds is 2. The smallest absolute Gasteiger partial charge is 0.135 e. The number of piperazine rings is 1. The van der Waals surface area contributed by atoms with E-state index in [1.807, 2.05) is 6.07 Å². The Morgan fingerprint density at radius 1 is 1.41 bits per heavy atom. The van der Waals surface area contributed by atoms with Crippen LogP contribution < -0.4 is 15.0 Å². The molecule has 0 spiro atoms. The highest BCUT2D eigenvalue weighted by molar-refractivity contribution is 9.10. The minimum atomic E-state index is 0.165. The zero-order valence-electron chi connectivity index (χ0n) is 10.6. The van der Waals surface area contributed by atoms with Crippen molar-refractivity contribution in [3.05, 3.63) is 22.7 Å². The van der Waals surface area contributed by atoms with Crippen LogP contribution in [0.15, 0.2) is 22.7 Å². The lowest BCUT2D eigenvalue weighted by Crippen LogP contribution is -2.57. The number of nitrogens with one attached hydrogen (secondary N) is 1. The Hall–Kier alpha value is -0.740. The molecule has 1 aliphatic heterocycles. The Bertz CT molecular complexity index is 406. The first-order chi connectivity index (χ1) is 8.02. The molecule has 0 aliphatic carbocycles. The van der Waals surface area contributed by atoms with Crippen LogP contribution in [-0.4, -0.2) is 32.3 Å². The van der Waals surface area contributed by atoms with Crippen molar-refractivity contribution in [2.24, 2.45) is 0 Å². The number of methoxy groups -OCH3 is 1. The molecule has 17 heavy (non-hydrogen) atoms. The van der Waals surface area contributed by atoms with Gasteiger partial charge in [0.1, 0.15) is 5.75 Å². The topological polar surface area (TPSA) is 24.5 Å². The van der Waals surface area contributed by atoms with Gasteiger partial charge < -0.3 is 15.0 Å². The Balaban J connectivity index is 2.22. The summed E-state index contributed by atoms with van der Waals surface area (Å²) in [6.07, 6.45) is 0. The highest BCUT2D eigenvalue weighted by Crippen LogP contribution is 2.30. The molecular formula is C13H19BrN2O. The van der Waals surface area contributed by atoms with Crippen molar-refractivity contribution < 1.29 is 4.74 Å². The second-order valence-electron chi connectivity index (χ2n) is 5.05. The van der Waals surface area contributed by atoms with Crippen molar-refractivity contribution in [1.29, 1.82) is 0 Å². The molecular weight excluding hydrogens is 280 g/mol. The van der Waals surface area contributed by atoms with Crippen LogP contribution in [0.5, 0.6) is 5.75 Å². The lowest BCUT2D eigenvalue weighted by molar-refractivity contribution is 0.352. The van der Waals surface area contributed by atoms with Crippen LogP contribution in [0.25, 0.3) is 0 Å². The molecule has 0 unspecified atom stereocenters. The summed E-state index contributed by atoms with van der Waals surface area (Å²) in [7, 11) is 1.70. The maximum Gasteiger partial charge on any atom is 0.135 e. The van der Waals surface area contributed by atoms with Crippen molar-refractivity contribution in [3.8, 4) is 5.75 Å². The molecule has 1 aromatic carbocycles. The van der Waals surface area contributed by atoms with E-state index >= 15 is 0 Å². The molecule has 1 heterocycles. The van der Waals surface area contributed by atoms with Gasteiger partial charge in [-0.1, -0.05) is 0 Å². The molecule has 0 aromatic heterocycles. The van der Waals surface area contributed by atoms with Crippen LogP contribution in [0.3, 0.4) is 0 Å². The Morgan fingerprint density at radius 3 is 2.82 bits per heavy atom. The van der Waals surface area contributed by atoms with Crippen molar-refractivity contribution in [2.45, 2.75) is 19.4 Å². The van der Waals surface area contributed by atoms with Gasteiger partial charge in [0, 0.05) is 36.9 Å². The fourth-order valence-electron chi connectivity index (χ4n) is 2.21. The van der Waals surface area contributed by atoms with E-state index in [2.05, 4.69) is 52.1 Å². The average Bonchev–Trinajstić information content (AvgIpc) is 2.28. The molecule has 1 aliphatic rings. The molecule has 3 nitrogen and oxygen atoms in total. The summed E-state index contributed by atoms with van der Waals surface area (Å²) in [5.41, 5.74) is 1.39. The largest absolute Gasteiger partial charge is 0.495 e. The Labute approximate surface area is 111 Å². The highest BCUT2D eigenvalue weighted by Gasteiger charge is 2.26. The second-order valence-corrected chi connectivity index (χ2v) is 5.91. The fourth-order valence-corrected chi connectivity index (χ4v) is 2.62. The number of hydrogen-bond donors (Lipinski definition) is 1. The maximum absolute atomic E-state index is 5.34. The molecule has 0 amide bonds. The Morgan fingerprint density at radius 2 is 2.18 bits per heavy atom.